The van der Waals surface area contributed by atoms with E-state index < -0.39 is 0 Å². The van der Waals surface area contributed by atoms with E-state index >= 15 is 0 Å². The Morgan fingerprint density at radius 2 is 1.67 bits per heavy atom. The van der Waals surface area contributed by atoms with E-state index in [1.807, 2.05) is 11.5 Å². The molecule has 2 aromatic carbocycles. The van der Waals surface area contributed by atoms with Gasteiger partial charge in [0.05, 0.1) is 31.2 Å². The molecule has 2 amide bonds. The van der Waals surface area contributed by atoms with Gasteiger partial charge in [-0.2, -0.15) is 0 Å². The Bertz CT molecular complexity index is 1230. The van der Waals surface area contributed by atoms with Crippen LogP contribution in [-0.2, 0) is 22.7 Å². The number of hydrogen-bond donors (Lipinski definition) is 1. The van der Waals surface area contributed by atoms with Crippen molar-refractivity contribution in [3.8, 4) is 0 Å². The first-order valence-corrected chi connectivity index (χ1v) is 12.1. The summed E-state index contributed by atoms with van der Waals surface area (Å²) in [5, 5.41) is 3.00. The number of rotatable bonds is 5. The highest BCUT2D eigenvalue weighted by Gasteiger charge is 2.32. The standard InChI is InChI=1S/C27H28F2N4O3/c1-17(18-2-6-21(28)7-3-18)31-26(34)20-10-12-32(13-11-20)27(35)25-23-15-36-24(14-33(23)16-30-25)19-4-8-22(29)9-5-19/h2-9,16-17,20,24H,10-15H2,1H3,(H,31,34). The molecule has 3 heterocycles. The summed E-state index contributed by atoms with van der Waals surface area (Å²) < 4.78 is 34.3. The second-order valence-electron chi connectivity index (χ2n) is 9.39. The first kappa shape index (κ1) is 24.1. The van der Waals surface area contributed by atoms with Crippen LogP contribution in [0.3, 0.4) is 0 Å². The number of fused-ring (bicyclic) bond motifs is 1. The van der Waals surface area contributed by atoms with Crippen molar-refractivity contribution in [3.63, 3.8) is 0 Å². The van der Waals surface area contributed by atoms with E-state index in [0.717, 1.165) is 16.8 Å². The highest BCUT2D eigenvalue weighted by molar-refractivity contribution is 5.93. The zero-order chi connectivity index (χ0) is 25.2. The molecule has 1 aromatic heterocycles. The molecular formula is C27H28F2N4O3. The highest BCUT2D eigenvalue weighted by Crippen LogP contribution is 2.29. The minimum Gasteiger partial charge on any atom is -0.365 e. The van der Waals surface area contributed by atoms with Gasteiger partial charge in [-0.3, -0.25) is 9.59 Å². The van der Waals surface area contributed by atoms with E-state index in [0.29, 0.717) is 38.2 Å². The number of halogens is 2. The lowest BCUT2D eigenvalue weighted by Crippen LogP contribution is -2.43. The van der Waals surface area contributed by atoms with Crippen molar-refractivity contribution in [2.24, 2.45) is 5.92 Å². The van der Waals surface area contributed by atoms with Crippen LogP contribution in [-0.4, -0.2) is 39.4 Å². The third-order valence-corrected chi connectivity index (χ3v) is 7.06. The molecule has 1 fully saturated rings. The molecule has 2 atom stereocenters. The number of ether oxygens (including phenoxy) is 1. The zero-order valence-electron chi connectivity index (χ0n) is 20.0. The molecule has 2 aliphatic heterocycles. The van der Waals surface area contributed by atoms with Gasteiger partial charge in [-0.15, -0.1) is 0 Å². The van der Waals surface area contributed by atoms with Gasteiger partial charge in [0.25, 0.3) is 5.91 Å². The maximum Gasteiger partial charge on any atom is 0.274 e. The molecule has 3 aromatic rings. The fraction of sp³-hybridized carbons (Fsp3) is 0.370. The molecule has 0 saturated carbocycles. The molecule has 7 nitrogen and oxygen atoms in total. The highest BCUT2D eigenvalue weighted by atomic mass is 19.1. The minimum absolute atomic E-state index is 0.0569. The minimum atomic E-state index is -0.312. The van der Waals surface area contributed by atoms with E-state index in [9.17, 15) is 18.4 Å². The Hall–Kier alpha value is -3.59. The van der Waals surface area contributed by atoms with E-state index in [4.69, 9.17) is 4.74 Å². The lowest BCUT2D eigenvalue weighted by molar-refractivity contribution is -0.127. The van der Waals surface area contributed by atoms with Gasteiger partial charge in [-0.25, -0.2) is 13.8 Å². The summed E-state index contributed by atoms with van der Waals surface area (Å²) in [6.45, 7) is 3.54. The number of benzene rings is 2. The zero-order valence-corrected chi connectivity index (χ0v) is 20.0. The lowest BCUT2D eigenvalue weighted by Gasteiger charge is -2.32. The van der Waals surface area contributed by atoms with Gasteiger partial charge < -0.3 is 19.5 Å². The SMILES string of the molecule is CC(NC(=O)C1CCN(C(=O)c2ncn3c2COC(c2ccc(F)cc2)C3)CC1)c1ccc(F)cc1. The predicted octanol–water partition coefficient (Wildman–Crippen LogP) is 4.16. The Morgan fingerprint density at radius 3 is 2.33 bits per heavy atom. The summed E-state index contributed by atoms with van der Waals surface area (Å²) >= 11 is 0. The average Bonchev–Trinajstić information content (AvgIpc) is 3.32. The Labute approximate surface area is 208 Å². The maximum atomic E-state index is 13.2. The van der Waals surface area contributed by atoms with Crippen LogP contribution in [0.2, 0.25) is 0 Å². The van der Waals surface area contributed by atoms with Crippen molar-refractivity contribution in [2.45, 2.75) is 45.1 Å². The van der Waals surface area contributed by atoms with Gasteiger partial charge in [-0.1, -0.05) is 24.3 Å². The number of nitrogens with one attached hydrogen (secondary N) is 1. The number of hydrogen-bond acceptors (Lipinski definition) is 4. The molecule has 36 heavy (non-hydrogen) atoms. The van der Waals surface area contributed by atoms with Crippen LogP contribution in [0.25, 0.3) is 0 Å². The van der Waals surface area contributed by atoms with E-state index in [1.165, 1.54) is 24.3 Å². The average molecular weight is 495 g/mol. The number of likely N-dealkylation sites (tertiary alicyclic amines) is 1. The van der Waals surface area contributed by atoms with Crippen molar-refractivity contribution < 1.29 is 23.1 Å². The van der Waals surface area contributed by atoms with Crippen molar-refractivity contribution in [1.82, 2.24) is 19.8 Å². The van der Waals surface area contributed by atoms with E-state index in [2.05, 4.69) is 10.3 Å². The summed E-state index contributed by atoms with van der Waals surface area (Å²) in [7, 11) is 0. The van der Waals surface area contributed by atoms with Crippen LogP contribution < -0.4 is 5.32 Å². The van der Waals surface area contributed by atoms with Crippen LogP contribution in [0.1, 0.15) is 59.2 Å². The van der Waals surface area contributed by atoms with Crippen LogP contribution in [0, 0.1) is 17.6 Å². The summed E-state index contributed by atoms with van der Waals surface area (Å²) in [4.78, 5) is 32.1. The summed E-state index contributed by atoms with van der Waals surface area (Å²) in [6.07, 6.45) is 2.54. The van der Waals surface area contributed by atoms with Crippen LogP contribution >= 0.6 is 0 Å². The molecule has 0 bridgehead atoms. The van der Waals surface area contributed by atoms with Crippen LogP contribution in [0.15, 0.2) is 54.9 Å². The third-order valence-electron chi connectivity index (χ3n) is 7.06. The number of carbonyl (C=O) groups is 2. The molecule has 188 valence electrons. The fourth-order valence-electron chi connectivity index (χ4n) is 4.85. The summed E-state index contributed by atoms with van der Waals surface area (Å²) in [5.41, 5.74) is 2.82. The number of amides is 2. The van der Waals surface area contributed by atoms with Crippen molar-refractivity contribution in [2.75, 3.05) is 13.1 Å². The first-order valence-electron chi connectivity index (χ1n) is 12.1. The van der Waals surface area contributed by atoms with Crippen LogP contribution in [0.4, 0.5) is 8.78 Å². The van der Waals surface area contributed by atoms with Gasteiger partial charge in [-0.05, 0) is 55.2 Å². The number of carbonyl (C=O) groups excluding carboxylic acids is 2. The molecule has 1 N–H and O–H groups in total. The molecule has 2 unspecified atom stereocenters. The molecule has 0 radical (unpaired) electrons. The van der Waals surface area contributed by atoms with Gasteiger partial charge >= 0.3 is 0 Å². The fourth-order valence-corrected chi connectivity index (χ4v) is 4.85. The van der Waals surface area contributed by atoms with E-state index in [-0.39, 0.29) is 48.1 Å². The summed E-state index contributed by atoms with van der Waals surface area (Å²) in [6, 6.07) is 12.1. The predicted molar refractivity (Wildman–Crippen MR) is 128 cm³/mol. The van der Waals surface area contributed by atoms with Gasteiger partial charge in [0.1, 0.15) is 17.7 Å². The first-order chi connectivity index (χ1) is 17.4. The van der Waals surface area contributed by atoms with Gasteiger partial charge in [0, 0.05) is 19.0 Å². The molecule has 0 spiro atoms. The number of imidazole rings is 1. The van der Waals surface area contributed by atoms with Gasteiger partial charge in [0.15, 0.2) is 5.69 Å². The smallest absolute Gasteiger partial charge is 0.274 e. The third kappa shape index (κ3) is 5.02. The second-order valence-corrected chi connectivity index (χ2v) is 9.39. The second kappa shape index (κ2) is 10.2. The normalized spacial score (nSPS) is 19.0. The Kier molecular flexibility index (Phi) is 6.82. The van der Waals surface area contributed by atoms with Gasteiger partial charge in [0.2, 0.25) is 5.91 Å². The molecular weight excluding hydrogens is 466 g/mol. The number of nitrogens with zero attached hydrogens (tertiary/aromatic N) is 3. The Morgan fingerprint density at radius 1 is 1.03 bits per heavy atom. The number of piperidine rings is 1. The molecule has 2 aliphatic rings. The van der Waals surface area contributed by atoms with Crippen molar-refractivity contribution in [1.29, 1.82) is 0 Å². The molecule has 9 heteroatoms. The van der Waals surface area contributed by atoms with Crippen molar-refractivity contribution in [3.05, 3.63) is 89.0 Å². The number of aromatic nitrogens is 2. The Balaban J connectivity index is 1.16. The van der Waals surface area contributed by atoms with Crippen molar-refractivity contribution >= 4 is 11.8 Å². The van der Waals surface area contributed by atoms with Crippen LogP contribution in [0.5, 0.6) is 0 Å². The summed E-state index contributed by atoms with van der Waals surface area (Å²) in [5.74, 6) is -1.01. The topological polar surface area (TPSA) is 76.5 Å². The maximum absolute atomic E-state index is 13.2. The quantitative estimate of drug-likeness (QED) is 0.578. The molecule has 1 saturated heterocycles. The molecule has 0 aliphatic carbocycles. The largest absolute Gasteiger partial charge is 0.365 e. The molecule has 5 rings (SSSR count). The lowest BCUT2D eigenvalue weighted by atomic mass is 9.95. The monoisotopic (exact) mass is 494 g/mol. The van der Waals surface area contributed by atoms with E-state index in [1.54, 1.807) is 35.5 Å².